The highest BCUT2D eigenvalue weighted by Gasteiger charge is 2.28. The molecule has 0 N–H and O–H groups in total. The van der Waals surface area contributed by atoms with Gasteiger partial charge in [0.2, 0.25) is 0 Å². The Labute approximate surface area is 141 Å². The van der Waals surface area contributed by atoms with Gasteiger partial charge in [-0.3, -0.25) is 14.4 Å². The van der Waals surface area contributed by atoms with Gasteiger partial charge in [0, 0.05) is 13.1 Å². The van der Waals surface area contributed by atoms with Crippen LogP contribution in [0.2, 0.25) is 0 Å². The quantitative estimate of drug-likeness (QED) is 0.739. The van der Waals surface area contributed by atoms with Crippen LogP contribution in [0.1, 0.15) is 25.3 Å². The molecule has 24 heavy (non-hydrogen) atoms. The van der Waals surface area contributed by atoms with Crippen molar-refractivity contribution in [1.29, 1.82) is 0 Å². The zero-order valence-electron chi connectivity index (χ0n) is 13.9. The number of ether oxygens (including phenoxy) is 2. The van der Waals surface area contributed by atoms with E-state index in [9.17, 15) is 14.4 Å². The van der Waals surface area contributed by atoms with Crippen LogP contribution in [0.15, 0.2) is 30.3 Å². The topological polar surface area (TPSA) is 72.9 Å². The van der Waals surface area contributed by atoms with Gasteiger partial charge in [-0.05, 0) is 25.3 Å². The smallest absolute Gasteiger partial charge is 0.310 e. The van der Waals surface area contributed by atoms with Crippen molar-refractivity contribution in [1.82, 2.24) is 4.90 Å². The zero-order chi connectivity index (χ0) is 17.4. The van der Waals surface area contributed by atoms with Gasteiger partial charge in [0.05, 0.1) is 18.9 Å². The molecule has 1 saturated heterocycles. The number of hydrogen-bond donors (Lipinski definition) is 0. The largest absolute Gasteiger partial charge is 0.466 e. The lowest BCUT2D eigenvalue weighted by Crippen LogP contribution is -2.42. The Bertz CT molecular complexity index is 564. The fraction of sp³-hybridized carbons (Fsp3) is 0.500. The molecule has 1 aliphatic rings. The maximum Gasteiger partial charge on any atom is 0.310 e. The highest BCUT2D eigenvalue weighted by Crippen LogP contribution is 2.18. The number of carbonyl (C=O) groups is 3. The molecule has 6 nitrogen and oxygen atoms in total. The first-order valence-corrected chi connectivity index (χ1v) is 8.24. The summed E-state index contributed by atoms with van der Waals surface area (Å²) in [5.74, 6) is -0.983. The third kappa shape index (κ3) is 5.37. The van der Waals surface area contributed by atoms with Gasteiger partial charge >= 0.3 is 11.9 Å². The molecular formula is C18H23NO5. The average Bonchev–Trinajstić information content (AvgIpc) is 2.61. The number of nitrogens with zero attached hydrogens (tertiary/aromatic N) is 1. The van der Waals surface area contributed by atoms with Crippen LogP contribution >= 0.6 is 0 Å². The maximum atomic E-state index is 12.1. The summed E-state index contributed by atoms with van der Waals surface area (Å²) >= 11 is 0. The summed E-state index contributed by atoms with van der Waals surface area (Å²) in [5.41, 5.74) is 0.852. The second kappa shape index (κ2) is 9.05. The van der Waals surface area contributed by atoms with Gasteiger partial charge in [-0.2, -0.15) is 0 Å². The van der Waals surface area contributed by atoms with Crippen molar-refractivity contribution in [3.63, 3.8) is 0 Å². The van der Waals surface area contributed by atoms with Crippen molar-refractivity contribution in [2.75, 3.05) is 26.3 Å². The molecule has 0 aliphatic carbocycles. The van der Waals surface area contributed by atoms with Crippen LogP contribution in [0, 0.1) is 5.92 Å². The lowest BCUT2D eigenvalue weighted by Gasteiger charge is -2.30. The minimum atomic E-state index is -0.420. The first kappa shape index (κ1) is 18.0. The Morgan fingerprint density at radius 1 is 1.08 bits per heavy atom. The summed E-state index contributed by atoms with van der Waals surface area (Å²) in [6, 6.07) is 9.24. The van der Waals surface area contributed by atoms with E-state index in [1.54, 1.807) is 11.8 Å². The zero-order valence-corrected chi connectivity index (χ0v) is 13.9. The lowest BCUT2D eigenvalue weighted by atomic mass is 9.97. The molecule has 0 unspecified atom stereocenters. The summed E-state index contributed by atoms with van der Waals surface area (Å²) in [7, 11) is 0. The van der Waals surface area contributed by atoms with Crippen molar-refractivity contribution in [3.05, 3.63) is 35.9 Å². The van der Waals surface area contributed by atoms with E-state index in [4.69, 9.17) is 9.47 Å². The predicted molar refractivity (Wildman–Crippen MR) is 87.0 cm³/mol. The van der Waals surface area contributed by atoms with E-state index in [1.807, 2.05) is 30.3 Å². The summed E-state index contributed by atoms with van der Waals surface area (Å²) in [4.78, 5) is 37.1. The molecular weight excluding hydrogens is 310 g/mol. The van der Waals surface area contributed by atoms with Crippen LogP contribution in [0.25, 0.3) is 0 Å². The highest BCUT2D eigenvalue weighted by atomic mass is 16.5. The molecule has 1 fully saturated rings. The molecule has 0 bridgehead atoms. The van der Waals surface area contributed by atoms with Gasteiger partial charge in [-0.25, -0.2) is 0 Å². The van der Waals surface area contributed by atoms with E-state index < -0.39 is 5.97 Å². The normalized spacial score (nSPS) is 15.0. The standard InChI is InChI=1S/C18H23NO5/c1-2-23-18(22)15-8-10-19(11-9-15)16(20)13-24-17(21)12-14-6-4-3-5-7-14/h3-7,15H,2,8-13H2,1H3. The molecule has 2 rings (SSSR count). The first-order valence-electron chi connectivity index (χ1n) is 8.24. The van der Waals surface area contributed by atoms with Gasteiger partial charge in [0.1, 0.15) is 0 Å². The summed E-state index contributed by atoms with van der Waals surface area (Å²) in [6.45, 7) is 2.86. The van der Waals surface area contributed by atoms with Crippen molar-refractivity contribution in [2.24, 2.45) is 5.92 Å². The average molecular weight is 333 g/mol. The minimum absolute atomic E-state index is 0.144. The SMILES string of the molecule is CCOC(=O)C1CCN(C(=O)COC(=O)Cc2ccccc2)CC1. The van der Waals surface area contributed by atoms with E-state index >= 15 is 0 Å². The summed E-state index contributed by atoms with van der Waals surface area (Å²) in [5, 5.41) is 0. The Kier molecular flexibility index (Phi) is 6.78. The molecule has 0 spiro atoms. The molecule has 1 aromatic carbocycles. The highest BCUT2D eigenvalue weighted by molar-refractivity contribution is 5.81. The molecule has 1 amide bonds. The number of carbonyl (C=O) groups excluding carboxylic acids is 3. The van der Waals surface area contributed by atoms with E-state index in [1.165, 1.54) is 0 Å². The number of rotatable bonds is 6. The second-order valence-corrected chi connectivity index (χ2v) is 5.73. The number of amides is 1. The van der Waals surface area contributed by atoms with Crippen LogP contribution < -0.4 is 0 Å². The van der Waals surface area contributed by atoms with Crippen molar-refractivity contribution >= 4 is 17.8 Å². The third-order valence-corrected chi connectivity index (χ3v) is 4.02. The predicted octanol–water partition coefficient (Wildman–Crippen LogP) is 1.57. The lowest BCUT2D eigenvalue weighted by molar-refractivity contribution is -0.154. The Morgan fingerprint density at radius 2 is 1.75 bits per heavy atom. The Balaban J connectivity index is 1.70. The Hall–Kier alpha value is -2.37. The van der Waals surface area contributed by atoms with Crippen molar-refractivity contribution in [3.8, 4) is 0 Å². The van der Waals surface area contributed by atoms with Gasteiger partial charge in [-0.1, -0.05) is 30.3 Å². The first-order chi connectivity index (χ1) is 11.6. The number of benzene rings is 1. The fourth-order valence-electron chi connectivity index (χ4n) is 2.67. The van der Waals surface area contributed by atoms with Crippen molar-refractivity contribution < 1.29 is 23.9 Å². The molecule has 6 heteroatoms. The van der Waals surface area contributed by atoms with E-state index in [0.717, 1.165) is 5.56 Å². The van der Waals surface area contributed by atoms with E-state index in [0.29, 0.717) is 32.5 Å². The Morgan fingerprint density at radius 3 is 2.38 bits per heavy atom. The van der Waals surface area contributed by atoms with Crippen molar-refractivity contribution in [2.45, 2.75) is 26.2 Å². The van der Waals surface area contributed by atoms with Gasteiger partial charge in [0.15, 0.2) is 6.61 Å². The summed E-state index contributed by atoms with van der Waals surface area (Å²) < 4.78 is 10.1. The third-order valence-electron chi connectivity index (χ3n) is 4.02. The number of hydrogen-bond acceptors (Lipinski definition) is 5. The monoisotopic (exact) mass is 333 g/mol. The van der Waals surface area contributed by atoms with Gasteiger partial charge < -0.3 is 14.4 Å². The van der Waals surface area contributed by atoms with Gasteiger partial charge in [0.25, 0.3) is 5.91 Å². The van der Waals surface area contributed by atoms with Crippen LogP contribution in [0.4, 0.5) is 0 Å². The second-order valence-electron chi connectivity index (χ2n) is 5.73. The molecule has 0 atom stereocenters. The van der Waals surface area contributed by atoms with Crippen LogP contribution in [0.3, 0.4) is 0 Å². The van der Waals surface area contributed by atoms with Crippen LogP contribution in [-0.2, 0) is 30.3 Å². The fourth-order valence-corrected chi connectivity index (χ4v) is 2.67. The molecule has 0 radical (unpaired) electrons. The van der Waals surface area contributed by atoms with Crippen LogP contribution in [0.5, 0.6) is 0 Å². The molecule has 1 aromatic rings. The van der Waals surface area contributed by atoms with E-state index in [2.05, 4.69) is 0 Å². The molecule has 0 saturated carbocycles. The summed E-state index contributed by atoms with van der Waals surface area (Å²) in [6.07, 6.45) is 1.32. The molecule has 1 heterocycles. The number of piperidine rings is 1. The van der Waals surface area contributed by atoms with Gasteiger partial charge in [-0.15, -0.1) is 0 Å². The number of esters is 2. The molecule has 0 aromatic heterocycles. The molecule has 1 aliphatic heterocycles. The van der Waals surface area contributed by atoms with E-state index in [-0.39, 0.29) is 30.8 Å². The molecule has 130 valence electrons. The maximum absolute atomic E-state index is 12.1. The number of likely N-dealkylation sites (tertiary alicyclic amines) is 1. The van der Waals surface area contributed by atoms with Crippen LogP contribution in [-0.4, -0.2) is 49.0 Å². The minimum Gasteiger partial charge on any atom is -0.466 e.